The topological polar surface area (TPSA) is 44.7 Å². The Bertz CT molecular complexity index is 662. The van der Waals surface area contributed by atoms with Crippen LogP contribution in [0.2, 0.25) is 0 Å². The summed E-state index contributed by atoms with van der Waals surface area (Å²) < 4.78 is 5.49. The molecule has 0 radical (unpaired) electrons. The monoisotopic (exact) mass is 354 g/mol. The van der Waals surface area contributed by atoms with Gasteiger partial charge in [0.15, 0.2) is 0 Å². The molecule has 2 atom stereocenters. The van der Waals surface area contributed by atoms with Gasteiger partial charge < -0.3 is 15.2 Å². The maximum atomic E-state index is 9.27. The first-order chi connectivity index (χ1) is 12.8. The molecule has 0 bridgehead atoms. The Hall–Kier alpha value is -1.88. The van der Waals surface area contributed by atoms with Gasteiger partial charge in [-0.15, -0.1) is 0 Å². The van der Waals surface area contributed by atoms with E-state index in [4.69, 9.17) is 4.74 Å². The van der Waals surface area contributed by atoms with Crippen LogP contribution in [0.3, 0.4) is 0 Å². The van der Waals surface area contributed by atoms with Crippen LogP contribution in [0.5, 0.6) is 5.75 Å². The fourth-order valence-electron chi connectivity index (χ4n) is 3.99. The normalized spacial score (nSPS) is 20.8. The largest absolute Gasteiger partial charge is 0.496 e. The summed E-state index contributed by atoms with van der Waals surface area (Å²) in [5.41, 5.74) is 2.54. The summed E-state index contributed by atoms with van der Waals surface area (Å²) in [6.45, 7) is 3.07. The van der Waals surface area contributed by atoms with Crippen molar-refractivity contribution in [1.29, 1.82) is 0 Å². The second kappa shape index (κ2) is 9.72. The van der Waals surface area contributed by atoms with Gasteiger partial charge >= 0.3 is 0 Å². The molecule has 1 aliphatic rings. The SMILES string of the molecule is COc1ccccc1CNC1CCCN(CCCO)C1c1ccccc1. The lowest BCUT2D eigenvalue weighted by molar-refractivity contribution is 0.102. The molecule has 0 saturated carbocycles. The Morgan fingerprint density at radius 1 is 1.12 bits per heavy atom. The van der Waals surface area contributed by atoms with Crippen LogP contribution in [0.4, 0.5) is 0 Å². The molecule has 2 aromatic carbocycles. The summed E-state index contributed by atoms with van der Waals surface area (Å²) in [4.78, 5) is 2.52. The number of rotatable bonds is 8. The highest BCUT2D eigenvalue weighted by Crippen LogP contribution is 2.32. The standard InChI is InChI=1S/C22H30N2O2/c1-26-21-13-6-5-11-19(21)17-23-20-12-7-14-24(15-8-16-25)22(20)18-9-3-2-4-10-18/h2-6,9-11,13,20,22-23,25H,7-8,12,14-17H2,1H3. The van der Waals surface area contributed by atoms with Crippen LogP contribution in [0.15, 0.2) is 54.6 Å². The lowest BCUT2D eigenvalue weighted by Crippen LogP contribution is -2.48. The van der Waals surface area contributed by atoms with Crippen molar-refractivity contribution >= 4 is 0 Å². The molecule has 2 N–H and O–H groups in total. The van der Waals surface area contributed by atoms with E-state index in [1.165, 1.54) is 17.5 Å². The molecule has 1 aliphatic heterocycles. The minimum absolute atomic E-state index is 0.247. The van der Waals surface area contributed by atoms with Gasteiger partial charge in [-0.25, -0.2) is 0 Å². The van der Waals surface area contributed by atoms with Gasteiger partial charge in [-0.2, -0.15) is 0 Å². The van der Waals surface area contributed by atoms with E-state index in [1.54, 1.807) is 7.11 Å². The fourth-order valence-corrected chi connectivity index (χ4v) is 3.99. The summed E-state index contributed by atoms with van der Waals surface area (Å²) in [6, 6.07) is 19.7. The Balaban J connectivity index is 1.76. The van der Waals surface area contributed by atoms with E-state index in [-0.39, 0.29) is 6.61 Å². The summed E-state index contributed by atoms with van der Waals surface area (Å²) in [5.74, 6) is 0.934. The van der Waals surface area contributed by atoms with Crippen LogP contribution in [0.1, 0.15) is 36.4 Å². The Kier molecular flexibility index (Phi) is 7.06. The van der Waals surface area contributed by atoms with Crippen LogP contribution >= 0.6 is 0 Å². The van der Waals surface area contributed by atoms with Crippen molar-refractivity contribution in [3.63, 3.8) is 0 Å². The van der Waals surface area contributed by atoms with E-state index in [9.17, 15) is 5.11 Å². The zero-order valence-electron chi connectivity index (χ0n) is 15.6. The number of ether oxygens (including phenoxy) is 1. The number of aliphatic hydroxyl groups is 1. The third-order valence-corrected chi connectivity index (χ3v) is 5.23. The molecule has 3 rings (SSSR count). The van der Waals surface area contributed by atoms with Crippen LogP contribution < -0.4 is 10.1 Å². The van der Waals surface area contributed by atoms with Gasteiger partial charge in [-0.05, 0) is 37.4 Å². The Morgan fingerprint density at radius 2 is 1.88 bits per heavy atom. The fraction of sp³-hybridized carbons (Fsp3) is 0.455. The first-order valence-corrected chi connectivity index (χ1v) is 9.58. The first-order valence-electron chi connectivity index (χ1n) is 9.58. The van der Waals surface area contributed by atoms with Crippen molar-refractivity contribution < 1.29 is 9.84 Å². The summed E-state index contributed by atoms with van der Waals surface area (Å²) in [6.07, 6.45) is 3.16. The Labute approximate surface area is 156 Å². The van der Waals surface area contributed by atoms with E-state index in [2.05, 4.69) is 52.7 Å². The smallest absolute Gasteiger partial charge is 0.123 e. The minimum atomic E-state index is 0.247. The molecule has 4 nitrogen and oxygen atoms in total. The highest BCUT2D eigenvalue weighted by molar-refractivity contribution is 5.33. The van der Waals surface area contributed by atoms with E-state index >= 15 is 0 Å². The van der Waals surface area contributed by atoms with Gasteiger partial charge in [0.1, 0.15) is 5.75 Å². The number of hydrogen-bond donors (Lipinski definition) is 2. The van der Waals surface area contributed by atoms with Gasteiger partial charge in [-0.3, -0.25) is 4.90 Å². The van der Waals surface area contributed by atoms with Crippen molar-refractivity contribution in [2.45, 2.75) is 37.9 Å². The van der Waals surface area contributed by atoms with E-state index < -0.39 is 0 Å². The first kappa shape index (κ1) is 18.9. The number of likely N-dealkylation sites (tertiary alicyclic amines) is 1. The van der Waals surface area contributed by atoms with Crippen molar-refractivity contribution in [2.24, 2.45) is 0 Å². The van der Waals surface area contributed by atoms with Crippen LogP contribution in [-0.4, -0.2) is 42.9 Å². The molecule has 26 heavy (non-hydrogen) atoms. The molecular weight excluding hydrogens is 324 g/mol. The van der Waals surface area contributed by atoms with Gasteiger partial charge in [0, 0.05) is 31.3 Å². The molecule has 0 aliphatic carbocycles. The van der Waals surface area contributed by atoms with Gasteiger partial charge in [-0.1, -0.05) is 48.5 Å². The number of para-hydroxylation sites is 1. The number of benzene rings is 2. The predicted molar refractivity (Wildman–Crippen MR) is 105 cm³/mol. The summed E-state index contributed by atoms with van der Waals surface area (Å²) in [7, 11) is 1.73. The van der Waals surface area contributed by atoms with Crippen molar-refractivity contribution in [2.75, 3.05) is 26.8 Å². The molecule has 0 aromatic heterocycles. The second-order valence-electron chi connectivity index (χ2n) is 6.91. The summed E-state index contributed by atoms with van der Waals surface area (Å²) in [5, 5.41) is 13.1. The number of aliphatic hydroxyl groups excluding tert-OH is 1. The average molecular weight is 354 g/mol. The molecule has 2 unspecified atom stereocenters. The molecule has 1 heterocycles. The average Bonchev–Trinajstić information content (AvgIpc) is 2.71. The van der Waals surface area contributed by atoms with Crippen LogP contribution in [0, 0.1) is 0 Å². The van der Waals surface area contributed by atoms with Gasteiger partial charge in [0.2, 0.25) is 0 Å². The zero-order chi connectivity index (χ0) is 18.2. The molecule has 4 heteroatoms. The maximum absolute atomic E-state index is 9.27. The van der Waals surface area contributed by atoms with E-state index in [0.717, 1.165) is 38.2 Å². The third kappa shape index (κ3) is 4.64. The van der Waals surface area contributed by atoms with E-state index in [1.807, 2.05) is 12.1 Å². The van der Waals surface area contributed by atoms with Crippen molar-refractivity contribution in [3.05, 3.63) is 65.7 Å². The number of nitrogens with zero attached hydrogens (tertiary/aromatic N) is 1. The van der Waals surface area contributed by atoms with Gasteiger partial charge in [0.05, 0.1) is 13.2 Å². The molecule has 140 valence electrons. The summed E-state index contributed by atoms with van der Waals surface area (Å²) >= 11 is 0. The molecule has 1 fully saturated rings. The lowest BCUT2D eigenvalue weighted by Gasteiger charge is -2.42. The highest BCUT2D eigenvalue weighted by Gasteiger charge is 2.32. The third-order valence-electron chi connectivity index (χ3n) is 5.23. The quantitative estimate of drug-likeness (QED) is 0.763. The number of nitrogens with one attached hydrogen (secondary N) is 1. The number of piperidine rings is 1. The van der Waals surface area contributed by atoms with Crippen molar-refractivity contribution in [1.82, 2.24) is 10.2 Å². The molecule has 0 spiro atoms. The Morgan fingerprint density at radius 3 is 2.65 bits per heavy atom. The molecule has 1 saturated heterocycles. The number of hydrogen-bond acceptors (Lipinski definition) is 4. The van der Waals surface area contributed by atoms with Crippen LogP contribution in [-0.2, 0) is 6.54 Å². The molecular formula is C22H30N2O2. The maximum Gasteiger partial charge on any atom is 0.123 e. The molecule has 0 amide bonds. The van der Waals surface area contributed by atoms with Crippen molar-refractivity contribution in [3.8, 4) is 5.75 Å². The second-order valence-corrected chi connectivity index (χ2v) is 6.91. The zero-order valence-corrected chi connectivity index (χ0v) is 15.6. The van der Waals surface area contributed by atoms with E-state index in [0.29, 0.717) is 12.1 Å². The lowest BCUT2D eigenvalue weighted by atomic mass is 9.90. The number of methoxy groups -OCH3 is 1. The van der Waals surface area contributed by atoms with Crippen LogP contribution in [0.25, 0.3) is 0 Å². The van der Waals surface area contributed by atoms with Gasteiger partial charge in [0.25, 0.3) is 0 Å². The minimum Gasteiger partial charge on any atom is -0.496 e. The highest BCUT2D eigenvalue weighted by atomic mass is 16.5. The predicted octanol–water partition coefficient (Wildman–Crippen LogP) is 3.37. The molecule has 2 aromatic rings.